The van der Waals surface area contributed by atoms with E-state index in [1.165, 1.54) is 0 Å². The third-order valence-electron chi connectivity index (χ3n) is 2.29. The summed E-state index contributed by atoms with van der Waals surface area (Å²) in [5, 5.41) is 18.4. The van der Waals surface area contributed by atoms with E-state index in [1.807, 2.05) is 6.92 Å². The molecule has 0 saturated heterocycles. The van der Waals surface area contributed by atoms with Gasteiger partial charge in [-0.05, 0) is 27.2 Å². The molecule has 0 aliphatic rings. The van der Waals surface area contributed by atoms with Crippen molar-refractivity contribution in [3.8, 4) is 0 Å². The maximum atomic E-state index is 9.67. The molecule has 2 N–H and O–H groups in total. The van der Waals surface area contributed by atoms with Gasteiger partial charge in [0.2, 0.25) is 0 Å². The Bertz CT molecular complexity index is 142. The normalized spacial score (nSPS) is 13.8. The second-order valence-corrected chi connectivity index (χ2v) is 3.98. The summed E-state index contributed by atoms with van der Waals surface area (Å²) in [6, 6.07) is 0.382. The number of aliphatic hydroxyl groups is 2. The van der Waals surface area contributed by atoms with Gasteiger partial charge in [-0.1, -0.05) is 0 Å². The van der Waals surface area contributed by atoms with Crippen LogP contribution in [0.25, 0.3) is 0 Å². The van der Waals surface area contributed by atoms with Crippen LogP contribution in [0.5, 0.6) is 0 Å². The van der Waals surface area contributed by atoms with E-state index in [0.717, 1.165) is 13.0 Å². The second kappa shape index (κ2) is 9.09. The van der Waals surface area contributed by atoms with Crippen LogP contribution >= 0.6 is 0 Å². The molecule has 0 fully saturated rings. The van der Waals surface area contributed by atoms with Gasteiger partial charge in [0, 0.05) is 32.3 Å². The molecule has 0 aliphatic carbocycles. The zero-order chi connectivity index (χ0) is 11.7. The van der Waals surface area contributed by atoms with Crippen LogP contribution in [0.1, 0.15) is 27.2 Å². The lowest BCUT2D eigenvalue weighted by molar-refractivity contribution is 0.0141. The van der Waals surface area contributed by atoms with Crippen molar-refractivity contribution in [1.29, 1.82) is 0 Å². The first-order chi connectivity index (χ1) is 7.11. The molecule has 1 atom stereocenters. The van der Waals surface area contributed by atoms with Crippen molar-refractivity contribution in [2.75, 3.05) is 32.9 Å². The Kier molecular flexibility index (Phi) is 9.00. The van der Waals surface area contributed by atoms with E-state index in [-0.39, 0.29) is 6.61 Å². The standard InChI is InChI=1S/C11H25NO3/c1-4-15-9-11(14)8-12(10(2)3)6-5-7-13/h10-11,13-14H,4-9H2,1-3H3. The Morgan fingerprint density at radius 3 is 2.47 bits per heavy atom. The molecule has 0 bridgehead atoms. The van der Waals surface area contributed by atoms with Gasteiger partial charge in [0.15, 0.2) is 0 Å². The highest BCUT2D eigenvalue weighted by Crippen LogP contribution is 2.02. The Morgan fingerprint density at radius 2 is 2.00 bits per heavy atom. The summed E-state index contributed by atoms with van der Waals surface area (Å²) in [6.07, 6.45) is 0.311. The molecule has 0 amide bonds. The molecular weight excluding hydrogens is 194 g/mol. The summed E-state index contributed by atoms with van der Waals surface area (Å²) in [7, 11) is 0. The minimum absolute atomic E-state index is 0.199. The average Bonchev–Trinajstić information content (AvgIpc) is 2.20. The lowest BCUT2D eigenvalue weighted by atomic mass is 10.2. The predicted molar refractivity (Wildman–Crippen MR) is 60.9 cm³/mol. The van der Waals surface area contributed by atoms with E-state index in [2.05, 4.69) is 18.7 Å². The number of ether oxygens (including phenoxy) is 1. The summed E-state index contributed by atoms with van der Waals surface area (Å²) in [5.41, 5.74) is 0. The van der Waals surface area contributed by atoms with Crippen LogP contribution in [0.3, 0.4) is 0 Å². The van der Waals surface area contributed by atoms with Gasteiger partial charge >= 0.3 is 0 Å². The van der Waals surface area contributed by atoms with Gasteiger partial charge in [-0.3, -0.25) is 4.90 Å². The number of aliphatic hydroxyl groups excluding tert-OH is 2. The van der Waals surface area contributed by atoms with Crippen LogP contribution in [0.15, 0.2) is 0 Å². The number of nitrogens with zero attached hydrogens (tertiary/aromatic N) is 1. The summed E-state index contributed by atoms with van der Waals surface area (Å²) in [4.78, 5) is 2.15. The highest BCUT2D eigenvalue weighted by atomic mass is 16.5. The number of rotatable bonds is 9. The summed E-state index contributed by atoms with van der Waals surface area (Å²) in [5.74, 6) is 0. The zero-order valence-corrected chi connectivity index (χ0v) is 10.1. The molecule has 0 aromatic carbocycles. The molecule has 15 heavy (non-hydrogen) atoms. The van der Waals surface area contributed by atoms with Gasteiger partial charge in [0.25, 0.3) is 0 Å². The average molecular weight is 219 g/mol. The first kappa shape index (κ1) is 14.8. The molecule has 0 rings (SSSR count). The molecule has 0 aliphatic heterocycles. The Balaban J connectivity index is 3.81. The number of hydrogen-bond acceptors (Lipinski definition) is 4. The first-order valence-electron chi connectivity index (χ1n) is 5.72. The Hall–Kier alpha value is -0.160. The van der Waals surface area contributed by atoms with Crippen molar-refractivity contribution in [3.05, 3.63) is 0 Å². The Morgan fingerprint density at radius 1 is 1.33 bits per heavy atom. The highest BCUT2D eigenvalue weighted by Gasteiger charge is 2.14. The molecular formula is C11H25NO3. The van der Waals surface area contributed by atoms with Crippen LogP contribution < -0.4 is 0 Å². The molecule has 92 valence electrons. The fraction of sp³-hybridized carbons (Fsp3) is 1.00. The van der Waals surface area contributed by atoms with E-state index < -0.39 is 6.10 Å². The molecule has 4 nitrogen and oxygen atoms in total. The van der Waals surface area contributed by atoms with Crippen LogP contribution in [-0.4, -0.2) is 60.2 Å². The van der Waals surface area contributed by atoms with Gasteiger partial charge < -0.3 is 14.9 Å². The van der Waals surface area contributed by atoms with Crippen molar-refractivity contribution in [2.24, 2.45) is 0 Å². The lowest BCUT2D eigenvalue weighted by Crippen LogP contribution is -2.40. The molecule has 0 aromatic heterocycles. The quantitative estimate of drug-likeness (QED) is 0.592. The van der Waals surface area contributed by atoms with E-state index in [4.69, 9.17) is 9.84 Å². The van der Waals surface area contributed by atoms with E-state index in [1.54, 1.807) is 0 Å². The Labute approximate surface area is 92.9 Å². The van der Waals surface area contributed by atoms with Crippen LogP contribution in [-0.2, 0) is 4.74 Å². The molecule has 0 heterocycles. The summed E-state index contributed by atoms with van der Waals surface area (Å²) >= 11 is 0. The summed E-state index contributed by atoms with van der Waals surface area (Å²) < 4.78 is 5.15. The third-order valence-corrected chi connectivity index (χ3v) is 2.29. The molecule has 0 spiro atoms. The molecule has 0 saturated carbocycles. The monoisotopic (exact) mass is 219 g/mol. The zero-order valence-electron chi connectivity index (χ0n) is 10.1. The van der Waals surface area contributed by atoms with Crippen molar-refractivity contribution in [3.63, 3.8) is 0 Å². The van der Waals surface area contributed by atoms with E-state index in [0.29, 0.717) is 25.8 Å². The maximum Gasteiger partial charge on any atom is 0.0900 e. The van der Waals surface area contributed by atoms with Crippen molar-refractivity contribution >= 4 is 0 Å². The van der Waals surface area contributed by atoms with Crippen molar-refractivity contribution in [1.82, 2.24) is 4.90 Å². The molecule has 0 aromatic rings. The van der Waals surface area contributed by atoms with Gasteiger partial charge in [-0.25, -0.2) is 0 Å². The van der Waals surface area contributed by atoms with Crippen LogP contribution in [0.4, 0.5) is 0 Å². The van der Waals surface area contributed by atoms with E-state index >= 15 is 0 Å². The topological polar surface area (TPSA) is 52.9 Å². The second-order valence-electron chi connectivity index (χ2n) is 3.98. The fourth-order valence-corrected chi connectivity index (χ4v) is 1.41. The predicted octanol–water partition coefficient (Wildman–Crippen LogP) is 0.477. The minimum atomic E-state index is -0.439. The first-order valence-corrected chi connectivity index (χ1v) is 5.72. The SMILES string of the molecule is CCOCC(O)CN(CCCO)C(C)C. The number of hydrogen-bond donors (Lipinski definition) is 2. The van der Waals surface area contributed by atoms with Gasteiger partial charge in [-0.2, -0.15) is 0 Å². The van der Waals surface area contributed by atoms with E-state index in [9.17, 15) is 5.11 Å². The van der Waals surface area contributed by atoms with Gasteiger partial charge in [0.1, 0.15) is 0 Å². The van der Waals surface area contributed by atoms with Gasteiger partial charge in [-0.15, -0.1) is 0 Å². The van der Waals surface area contributed by atoms with Gasteiger partial charge in [0.05, 0.1) is 12.7 Å². The van der Waals surface area contributed by atoms with Crippen molar-refractivity contribution in [2.45, 2.75) is 39.3 Å². The third kappa shape index (κ3) is 7.73. The molecule has 0 radical (unpaired) electrons. The summed E-state index contributed by atoms with van der Waals surface area (Å²) in [6.45, 7) is 8.74. The largest absolute Gasteiger partial charge is 0.396 e. The molecule has 4 heteroatoms. The van der Waals surface area contributed by atoms with Crippen molar-refractivity contribution < 1.29 is 14.9 Å². The minimum Gasteiger partial charge on any atom is -0.396 e. The maximum absolute atomic E-state index is 9.67. The van der Waals surface area contributed by atoms with Crippen LogP contribution in [0.2, 0.25) is 0 Å². The fourth-order valence-electron chi connectivity index (χ4n) is 1.41. The van der Waals surface area contributed by atoms with Crippen LogP contribution in [0, 0.1) is 0 Å². The lowest BCUT2D eigenvalue weighted by Gasteiger charge is -2.28. The smallest absolute Gasteiger partial charge is 0.0900 e. The highest BCUT2D eigenvalue weighted by molar-refractivity contribution is 4.67. The molecule has 1 unspecified atom stereocenters.